The number of nitro benzene ring substituents is 1. The van der Waals surface area contributed by atoms with Crippen molar-refractivity contribution < 1.29 is 19.2 Å². The summed E-state index contributed by atoms with van der Waals surface area (Å²) < 4.78 is 11.3. The summed E-state index contributed by atoms with van der Waals surface area (Å²) in [7, 11) is 1.26. The molecule has 24 heavy (non-hydrogen) atoms. The van der Waals surface area contributed by atoms with E-state index in [2.05, 4.69) is 20.9 Å². The van der Waals surface area contributed by atoms with Crippen molar-refractivity contribution in [3.63, 3.8) is 0 Å². The zero-order chi connectivity index (χ0) is 18.2. The first-order valence-electron chi connectivity index (χ1n) is 7.27. The van der Waals surface area contributed by atoms with Gasteiger partial charge in [-0.15, -0.1) is 0 Å². The van der Waals surface area contributed by atoms with Gasteiger partial charge in [-0.3, -0.25) is 10.1 Å². The van der Waals surface area contributed by atoms with E-state index >= 15 is 0 Å². The first-order valence-corrected chi connectivity index (χ1v) is 8.07. The number of fused-ring (bicyclic) bond motifs is 1. The van der Waals surface area contributed by atoms with Gasteiger partial charge in [0, 0.05) is 27.2 Å². The van der Waals surface area contributed by atoms with Gasteiger partial charge in [0.2, 0.25) is 0 Å². The molecule has 1 N–H and O–H groups in total. The molecule has 0 aliphatic carbocycles. The number of H-pyrrole nitrogens is 1. The van der Waals surface area contributed by atoms with Gasteiger partial charge in [-0.05, 0) is 49.7 Å². The molecule has 0 unspecified atom stereocenters. The molecule has 2 rings (SSSR count). The number of carbonyl (C=O) groups excluding carboxylic acids is 1. The van der Waals surface area contributed by atoms with Crippen LogP contribution in [0.5, 0.6) is 0 Å². The predicted molar refractivity (Wildman–Crippen MR) is 93.0 cm³/mol. The number of halogens is 1. The summed E-state index contributed by atoms with van der Waals surface area (Å²) in [6.45, 7) is 7.00. The van der Waals surface area contributed by atoms with Crippen LogP contribution in [0.2, 0.25) is 0 Å². The van der Waals surface area contributed by atoms with Crippen LogP contribution in [0.25, 0.3) is 10.9 Å². The molecule has 1 heterocycles. The standard InChI is InChI=1S/C16H19BrN2O5/c1-8-10(14(15(20)23-5)24-16(2,3)4)11(17)9-6-7-18-12(9)13(8)19(21)22/h6-7,14,18H,1-5H3/t14-/m0/s1. The van der Waals surface area contributed by atoms with Crippen molar-refractivity contribution in [2.24, 2.45) is 0 Å². The minimum Gasteiger partial charge on any atom is -0.467 e. The van der Waals surface area contributed by atoms with E-state index in [4.69, 9.17) is 9.47 Å². The summed E-state index contributed by atoms with van der Waals surface area (Å²) in [5, 5.41) is 12.2. The monoisotopic (exact) mass is 398 g/mol. The number of nitro groups is 1. The average Bonchev–Trinajstić information content (AvgIpc) is 2.93. The van der Waals surface area contributed by atoms with E-state index in [0.29, 0.717) is 26.5 Å². The van der Waals surface area contributed by atoms with E-state index in [1.807, 2.05) is 0 Å². The fourth-order valence-corrected chi connectivity index (χ4v) is 3.43. The zero-order valence-corrected chi connectivity index (χ0v) is 15.7. The Balaban J connectivity index is 2.81. The van der Waals surface area contributed by atoms with Gasteiger partial charge >= 0.3 is 5.97 Å². The SMILES string of the molecule is COC(=O)[C@@H](OC(C)(C)C)c1c(C)c([N+](=O)[O-])c2[nH]ccc2c1Br. The molecule has 0 saturated carbocycles. The molecule has 1 aromatic heterocycles. The van der Waals surface area contributed by atoms with Crippen LogP contribution in [0.15, 0.2) is 16.7 Å². The van der Waals surface area contributed by atoms with Crippen molar-refractivity contribution >= 4 is 38.5 Å². The van der Waals surface area contributed by atoms with Crippen molar-refractivity contribution in [3.8, 4) is 0 Å². The Morgan fingerprint density at radius 3 is 2.54 bits per heavy atom. The number of nitrogens with zero attached hydrogens (tertiary/aromatic N) is 1. The molecule has 0 spiro atoms. The highest BCUT2D eigenvalue weighted by Gasteiger charge is 2.35. The Morgan fingerprint density at radius 2 is 2.04 bits per heavy atom. The van der Waals surface area contributed by atoms with Crippen LogP contribution < -0.4 is 0 Å². The number of carbonyl (C=O) groups is 1. The fraction of sp³-hybridized carbons (Fsp3) is 0.438. The summed E-state index contributed by atoms with van der Waals surface area (Å²) in [5.74, 6) is -0.613. The molecule has 0 aliphatic heterocycles. The van der Waals surface area contributed by atoms with E-state index in [0.717, 1.165) is 0 Å². The van der Waals surface area contributed by atoms with Gasteiger partial charge in [-0.1, -0.05) is 0 Å². The minimum atomic E-state index is -1.08. The van der Waals surface area contributed by atoms with E-state index in [1.54, 1.807) is 40.0 Å². The second-order valence-electron chi connectivity index (χ2n) is 6.36. The van der Waals surface area contributed by atoms with Gasteiger partial charge in [0.05, 0.1) is 17.6 Å². The van der Waals surface area contributed by atoms with Crippen LogP contribution in [0.4, 0.5) is 5.69 Å². The molecule has 1 atom stereocenters. The number of aromatic amines is 1. The summed E-state index contributed by atoms with van der Waals surface area (Å²) in [6.07, 6.45) is 0.533. The maximum Gasteiger partial charge on any atom is 0.339 e. The van der Waals surface area contributed by atoms with Crippen LogP contribution in [-0.2, 0) is 14.3 Å². The minimum absolute atomic E-state index is 0.0837. The maximum absolute atomic E-state index is 12.3. The predicted octanol–water partition coefficient (Wildman–Crippen LogP) is 4.18. The number of aromatic nitrogens is 1. The van der Waals surface area contributed by atoms with Gasteiger partial charge < -0.3 is 14.5 Å². The smallest absolute Gasteiger partial charge is 0.339 e. The van der Waals surface area contributed by atoms with Crippen LogP contribution in [0.3, 0.4) is 0 Å². The molecule has 1 aromatic carbocycles. The van der Waals surface area contributed by atoms with Crippen molar-refractivity contribution in [2.45, 2.75) is 39.4 Å². The number of hydrogen-bond donors (Lipinski definition) is 1. The number of nitrogens with one attached hydrogen (secondary N) is 1. The lowest BCUT2D eigenvalue weighted by molar-refractivity contribution is -0.383. The molecule has 0 amide bonds. The lowest BCUT2D eigenvalue weighted by Crippen LogP contribution is -2.29. The van der Waals surface area contributed by atoms with Crippen LogP contribution in [-0.4, -0.2) is 28.6 Å². The average molecular weight is 399 g/mol. The molecule has 7 nitrogen and oxygen atoms in total. The van der Waals surface area contributed by atoms with Crippen molar-refractivity contribution in [1.82, 2.24) is 4.98 Å². The topological polar surface area (TPSA) is 94.5 Å². The van der Waals surface area contributed by atoms with Gasteiger partial charge in [-0.2, -0.15) is 0 Å². The lowest BCUT2D eigenvalue weighted by atomic mass is 9.98. The summed E-state index contributed by atoms with van der Waals surface area (Å²) in [4.78, 5) is 26.3. The van der Waals surface area contributed by atoms with E-state index < -0.39 is 22.6 Å². The third kappa shape index (κ3) is 3.29. The Hall–Kier alpha value is -1.93. The van der Waals surface area contributed by atoms with Crippen LogP contribution >= 0.6 is 15.9 Å². The third-order valence-electron chi connectivity index (χ3n) is 3.55. The maximum atomic E-state index is 12.3. The lowest BCUT2D eigenvalue weighted by Gasteiger charge is -2.27. The molecule has 0 saturated heterocycles. The number of methoxy groups -OCH3 is 1. The van der Waals surface area contributed by atoms with Gasteiger partial charge in [0.15, 0.2) is 6.10 Å². The molecule has 0 fully saturated rings. The number of esters is 1. The molecule has 0 aliphatic rings. The first-order chi connectivity index (χ1) is 11.1. The first kappa shape index (κ1) is 18.4. The molecule has 0 radical (unpaired) electrons. The van der Waals surface area contributed by atoms with Crippen LogP contribution in [0.1, 0.15) is 38.0 Å². The fourth-order valence-electron chi connectivity index (χ4n) is 2.60. The van der Waals surface area contributed by atoms with E-state index in [-0.39, 0.29) is 5.69 Å². The van der Waals surface area contributed by atoms with Gasteiger partial charge in [-0.25, -0.2) is 4.79 Å². The summed E-state index contributed by atoms with van der Waals surface area (Å²) in [6, 6.07) is 1.71. The molecule has 8 heteroatoms. The second-order valence-corrected chi connectivity index (χ2v) is 7.15. The molecule has 2 aromatic rings. The Morgan fingerprint density at radius 1 is 1.42 bits per heavy atom. The third-order valence-corrected chi connectivity index (χ3v) is 4.40. The van der Waals surface area contributed by atoms with Crippen molar-refractivity contribution in [1.29, 1.82) is 0 Å². The zero-order valence-electron chi connectivity index (χ0n) is 14.1. The number of ether oxygens (including phenoxy) is 2. The number of hydrogen-bond acceptors (Lipinski definition) is 5. The van der Waals surface area contributed by atoms with Gasteiger partial charge in [0.25, 0.3) is 5.69 Å². The van der Waals surface area contributed by atoms with Crippen molar-refractivity contribution in [2.75, 3.05) is 7.11 Å². The van der Waals surface area contributed by atoms with Crippen LogP contribution in [0, 0.1) is 17.0 Å². The highest BCUT2D eigenvalue weighted by atomic mass is 79.9. The van der Waals surface area contributed by atoms with E-state index in [9.17, 15) is 14.9 Å². The van der Waals surface area contributed by atoms with E-state index in [1.165, 1.54) is 7.11 Å². The second kappa shape index (κ2) is 6.52. The molecule has 0 bridgehead atoms. The highest BCUT2D eigenvalue weighted by molar-refractivity contribution is 9.10. The molecular weight excluding hydrogens is 380 g/mol. The summed E-state index contributed by atoms with van der Waals surface area (Å²) in [5.41, 5.74) is 0.413. The Bertz CT molecular complexity index is 807. The normalized spacial score (nSPS) is 13.1. The Labute approximate surface area is 147 Å². The number of rotatable bonds is 4. The quantitative estimate of drug-likeness (QED) is 0.473. The van der Waals surface area contributed by atoms with Gasteiger partial charge in [0.1, 0.15) is 5.52 Å². The molecule has 130 valence electrons. The number of benzene rings is 1. The molecular formula is C16H19BrN2O5. The van der Waals surface area contributed by atoms with Crippen molar-refractivity contribution in [3.05, 3.63) is 38.0 Å². The Kier molecular flexibility index (Phi) is 5.00. The largest absolute Gasteiger partial charge is 0.467 e. The highest BCUT2D eigenvalue weighted by Crippen LogP contribution is 2.42. The summed E-state index contributed by atoms with van der Waals surface area (Å²) >= 11 is 3.47.